The zero-order valence-electron chi connectivity index (χ0n) is 14.7. The highest BCUT2D eigenvalue weighted by molar-refractivity contribution is 9.10. The number of thioether (sulfide) groups is 1. The molecule has 3 aromatic rings. The van der Waals surface area contributed by atoms with Crippen molar-refractivity contribution in [2.75, 3.05) is 12.8 Å². The van der Waals surface area contributed by atoms with Crippen molar-refractivity contribution in [1.82, 2.24) is 19.7 Å². The Kier molecular flexibility index (Phi) is 4.60. The molecule has 0 fully saturated rings. The molecular formula is C19H21BrN4S. The minimum absolute atomic E-state index is 0.444. The van der Waals surface area contributed by atoms with E-state index in [4.69, 9.17) is 0 Å². The Hall–Kier alpha value is -1.37. The fourth-order valence-electron chi connectivity index (χ4n) is 3.64. The Morgan fingerprint density at radius 3 is 3.04 bits per heavy atom. The van der Waals surface area contributed by atoms with Gasteiger partial charge in [-0.25, -0.2) is 4.98 Å². The highest BCUT2D eigenvalue weighted by Gasteiger charge is 2.24. The summed E-state index contributed by atoms with van der Waals surface area (Å²) in [5, 5.41) is 5.62. The minimum atomic E-state index is 0.444. The molecule has 6 heteroatoms. The Balaban J connectivity index is 1.62. The molecule has 0 radical (unpaired) electrons. The smallest absolute Gasteiger partial charge is 0.157 e. The Morgan fingerprint density at radius 2 is 2.20 bits per heavy atom. The van der Waals surface area contributed by atoms with E-state index >= 15 is 0 Å². The van der Waals surface area contributed by atoms with Gasteiger partial charge in [-0.15, -0.1) is 11.8 Å². The number of rotatable bonds is 3. The van der Waals surface area contributed by atoms with Crippen molar-refractivity contribution in [3.8, 4) is 0 Å². The lowest BCUT2D eigenvalue weighted by Gasteiger charge is -2.33. The Labute approximate surface area is 160 Å². The van der Waals surface area contributed by atoms with Gasteiger partial charge in [0, 0.05) is 40.6 Å². The first kappa shape index (κ1) is 17.1. The van der Waals surface area contributed by atoms with E-state index in [9.17, 15) is 0 Å². The zero-order valence-corrected chi connectivity index (χ0v) is 17.1. The second kappa shape index (κ2) is 6.74. The van der Waals surface area contributed by atoms with Gasteiger partial charge in [0.25, 0.3) is 0 Å². The molecule has 0 bridgehead atoms. The lowest BCUT2D eigenvalue weighted by atomic mass is 10.0. The first-order valence-electron chi connectivity index (χ1n) is 8.43. The van der Waals surface area contributed by atoms with E-state index in [1.807, 2.05) is 36.6 Å². The first-order chi connectivity index (χ1) is 12.0. The second-order valence-electron chi connectivity index (χ2n) is 6.67. The van der Waals surface area contributed by atoms with Crippen LogP contribution in [0.4, 0.5) is 0 Å². The third kappa shape index (κ3) is 3.23. The minimum Gasteiger partial charge on any atom is -0.295 e. The van der Waals surface area contributed by atoms with Crippen molar-refractivity contribution in [1.29, 1.82) is 0 Å². The third-order valence-corrected chi connectivity index (χ3v) is 6.48. The molecule has 1 atom stereocenters. The maximum absolute atomic E-state index is 4.62. The standard InChI is InChI=1S/C19H21BrN4S/c1-12-15-8-13(10-21-19(15)24(3)22-12)11-23(2)17-6-7-25-18-5-4-14(20)9-16(17)18/h4-5,8-10,17H,6-7,11H2,1-3H3. The molecule has 2 aromatic heterocycles. The van der Waals surface area contributed by atoms with Gasteiger partial charge in [-0.05, 0) is 61.5 Å². The van der Waals surface area contributed by atoms with Crippen LogP contribution in [0.1, 0.15) is 29.3 Å². The van der Waals surface area contributed by atoms with E-state index in [1.54, 1.807) is 0 Å². The highest BCUT2D eigenvalue weighted by Crippen LogP contribution is 2.40. The van der Waals surface area contributed by atoms with Crippen LogP contribution in [0.5, 0.6) is 0 Å². The van der Waals surface area contributed by atoms with Gasteiger partial charge in [0.15, 0.2) is 5.65 Å². The van der Waals surface area contributed by atoms with Gasteiger partial charge < -0.3 is 0 Å². The topological polar surface area (TPSA) is 34.0 Å². The summed E-state index contributed by atoms with van der Waals surface area (Å²) < 4.78 is 3.01. The summed E-state index contributed by atoms with van der Waals surface area (Å²) in [6.07, 6.45) is 3.16. The fourth-order valence-corrected chi connectivity index (χ4v) is 5.11. The summed E-state index contributed by atoms with van der Waals surface area (Å²) in [5.74, 6) is 1.17. The van der Waals surface area contributed by atoms with Crippen LogP contribution in [0.3, 0.4) is 0 Å². The first-order valence-corrected chi connectivity index (χ1v) is 10.2. The Bertz CT molecular complexity index is 937. The molecule has 0 amide bonds. The molecule has 4 rings (SSSR count). The van der Waals surface area contributed by atoms with Crippen LogP contribution in [0.2, 0.25) is 0 Å². The van der Waals surface area contributed by atoms with E-state index in [2.05, 4.69) is 62.2 Å². The predicted octanol–water partition coefficient (Wildman–Crippen LogP) is 4.71. The largest absolute Gasteiger partial charge is 0.295 e. The molecule has 1 aliphatic heterocycles. The molecule has 0 saturated carbocycles. The molecule has 3 heterocycles. The van der Waals surface area contributed by atoms with Crippen molar-refractivity contribution < 1.29 is 0 Å². The van der Waals surface area contributed by atoms with Crippen LogP contribution in [0.25, 0.3) is 11.0 Å². The summed E-state index contributed by atoms with van der Waals surface area (Å²) in [7, 11) is 4.16. The number of aryl methyl sites for hydroxylation is 2. The van der Waals surface area contributed by atoms with Crippen molar-refractivity contribution in [3.05, 3.63) is 51.8 Å². The quantitative estimate of drug-likeness (QED) is 0.618. The van der Waals surface area contributed by atoms with Crippen LogP contribution < -0.4 is 0 Å². The molecular weight excluding hydrogens is 396 g/mol. The lowest BCUT2D eigenvalue weighted by molar-refractivity contribution is 0.227. The number of hydrogen-bond acceptors (Lipinski definition) is 4. The van der Waals surface area contributed by atoms with Crippen LogP contribution in [-0.4, -0.2) is 32.5 Å². The number of hydrogen-bond donors (Lipinski definition) is 0. The fraction of sp³-hybridized carbons (Fsp3) is 0.368. The number of benzene rings is 1. The molecule has 0 N–H and O–H groups in total. The molecule has 130 valence electrons. The van der Waals surface area contributed by atoms with Crippen LogP contribution in [-0.2, 0) is 13.6 Å². The van der Waals surface area contributed by atoms with E-state index in [1.165, 1.54) is 28.2 Å². The maximum atomic E-state index is 4.62. The molecule has 1 unspecified atom stereocenters. The normalized spacial score (nSPS) is 17.2. The van der Waals surface area contributed by atoms with Crippen molar-refractivity contribution in [2.24, 2.45) is 7.05 Å². The maximum Gasteiger partial charge on any atom is 0.157 e. The number of fused-ring (bicyclic) bond motifs is 2. The van der Waals surface area contributed by atoms with Crippen LogP contribution in [0, 0.1) is 6.92 Å². The van der Waals surface area contributed by atoms with Gasteiger partial charge in [0.05, 0.1) is 5.69 Å². The summed E-state index contributed by atoms with van der Waals surface area (Å²) in [4.78, 5) is 8.47. The van der Waals surface area contributed by atoms with Gasteiger partial charge in [0.2, 0.25) is 0 Å². The second-order valence-corrected chi connectivity index (χ2v) is 8.73. The average molecular weight is 417 g/mol. The molecule has 4 nitrogen and oxygen atoms in total. The van der Waals surface area contributed by atoms with E-state index < -0.39 is 0 Å². The molecule has 25 heavy (non-hydrogen) atoms. The van der Waals surface area contributed by atoms with Gasteiger partial charge in [-0.2, -0.15) is 5.10 Å². The van der Waals surface area contributed by atoms with E-state index in [-0.39, 0.29) is 0 Å². The summed E-state index contributed by atoms with van der Waals surface area (Å²) in [6, 6.07) is 9.32. The summed E-state index contributed by atoms with van der Waals surface area (Å²) >= 11 is 5.58. The van der Waals surface area contributed by atoms with Crippen molar-refractivity contribution in [2.45, 2.75) is 30.8 Å². The molecule has 1 aliphatic rings. The third-order valence-electron chi connectivity index (χ3n) is 4.86. The van der Waals surface area contributed by atoms with Crippen molar-refractivity contribution >= 4 is 38.7 Å². The Morgan fingerprint density at radius 1 is 1.36 bits per heavy atom. The summed E-state index contributed by atoms with van der Waals surface area (Å²) in [6.45, 7) is 2.93. The van der Waals surface area contributed by atoms with Gasteiger partial charge >= 0.3 is 0 Å². The highest BCUT2D eigenvalue weighted by atomic mass is 79.9. The lowest BCUT2D eigenvalue weighted by Crippen LogP contribution is -2.27. The van der Waals surface area contributed by atoms with E-state index in [0.29, 0.717) is 6.04 Å². The van der Waals surface area contributed by atoms with Crippen LogP contribution in [0.15, 0.2) is 39.8 Å². The van der Waals surface area contributed by atoms with Gasteiger partial charge in [-0.3, -0.25) is 9.58 Å². The predicted molar refractivity (Wildman–Crippen MR) is 107 cm³/mol. The number of halogens is 1. The van der Waals surface area contributed by atoms with Gasteiger partial charge in [-0.1, -0.05) is 15.9 Å². The van der Waals surface area contributed by atoms with Crippen molar-refractivity contribution in [3.63, 3.8) is 0 Å². The number of pyridine rings is 1. The number of nitrogens with zero attached hydrogens (tertiary/aromatic N) is 4. The molecule has 0 aliphatic carbocycles. The molecule has 0 spiro atoms. The zero-order chi connectivity index (χ0) is 17.6. The van der Waals surface area contributed by atoms with Gasteiger partial charge in [0.1, 0.15) is 0 Å². The SMILES string of the molecule is Cc1nn(C)c2ncc(CN(C)C3CCSc4ccc(Br)cc43)cc12. The number of aromatic nitrogens is 3. The molecule has 1 aromatic carbocycles. The summed E-state index contributed by atoms with van der Waals surface area (Å²) in [5.41, 5.74) is 4.66. The molecule has 0 saturated heterocycles. The van der Waals surface area contributed by atoms with E-state index in [0.717, 1.165) is 27.7 Å². The van der Waals surface area contributed by atoms with Crippen LogP contribution >= 0.6 is 27.7 Å². The average Bonchev–Trinajstić information content (AvgIpc) is 2.88. The monoisotopic (exact) mass is 416 g/mol.